The van der Waals surface area contributed by atoms with E-state index in [9.17, 15) is 0 Å². The number of nitrogens with one attached hydrogen (secondary N) is 1. The molecule has 3 heteroatoms. The van der Waals surface area contributed by atoms with Gasteiger partial charge < -0.3 is 14.8 Å². The molecule has 0 aliphatic heterocycles. The van der Waals surface area contributed by atoms with Crippen LogP contribution in [0.1, 0.15) is 18.5 Å². The number of benzene rings is 2. The molecule has 0 bridgehead atoms. The van der Waals surface area contributed by atoms with Crippen molar-refractivity contribution in [2.75, 3.05) is 27.4 Å². The third kappa shape index (κ3) is 3.06. The Bertz CT molecular complexity index is 539. The Balaban J connectivity index is 2.45. The number of rotatable bonds is 6. The van der Waals surface area contributed by atoms with Crippen molar-refractivity contribution in [3.8, 4) is 5.75 Å². The summed E-state index contributed by atoms with van der Waals surface area (Å²) < 4.78 is 11.0. The van der Waals surface area contributed by atoms with Crippen LogP contribution in [0.25, 0.3) is 10.8 Å². The van der Waals surface area contributed by atoms with Crippen molar-refractivity contribution in [2.24, 2.45) is 0 Å². The van der Waals surface area contributed by atoms with Crippen molar-refractivity contribution >= 4 is 10.8 Å². The minimum absolute atomic E-state index is 0.252. The molecule has 1 N–H and O–H groups in total. The SMILES string of the molecule is CNC(C)c1ccc2ccccc2c1OCCOC. The number of methoxy groups -OCH3 is 1. The molecule has 2 aromatic carbocycles. The van der Waals surface area contributed by atoms with Gasteiger partial charge in [-0.1, -0.05) is 36.4 Å². The predicted molar refractivity (Wildman–Crippen MR) is 78.8 cm³/mol. The molecular formula is C16H21NO2. The van der Waals surface area contributed by atoms with Crippen molar-refractivity contribution < 1.29 is 9.47 Å². The van der Waals surface area contributed by atoms with E-state index in [0.29, 0.717) is 13.2 Å². The molecule has 0 saturated carbocycles. The molecule has 2 aromatic rings. The molecule has 2 rings (SSSR count). The average Bonchev–Trinajstić information content (AvgIpc) is 2.46. The summed E-state index contributed by atoms with van der Waals surface area (Å²) in [7, 11) is 3.64. The van der Waals surface area contributed by atoms with E-state index < -0.39 is 0 Å². The van der Waals surface area contributed by atoms with E-state index in [0.717, 1.165) is 11.1 Å². The fraction of sp³-hybridized carbons (Fsp3) is 0.375. The highest BCUT2D eigenvalue weighted by Gasteiger charge is 2.13. The lowest BCUT2D eigenvalue weighted by Gasteiger charge is -2.18. The van der Waals surface area contributed by atoms with Crippen LogP contribution in [0.5, 0.6) is 5.75 Å². The molecule has 19 heavy (non-hydrogen) atoms. The first-order valence-corrected chi connectivity index (χ1v) is 6.58. The van der Waals surface area contributed by atoms with Crippen LogP contribution in [0.2, 0.25) is 0 Å². The zero-order valence-electron chi connectivity index (χ0n) is 11.8. The minimum Gasteiger partial charge on any atom is -0.490 e. The van der Waals surface area contributed by atoms with E-state index in [1.165, 1.54) is 10.9 Å². The van der Waals surface area contributed by atoms with Gasteiger partial charge in [-0.3, -0.25) is 0 Å². The van der Waals surface area contributed by atoms with Gasteiger partial charge in [0.05, 0.1) is 6.61 Å². The normalized spacial score (nSPS) is 12.6. The van der Waals surface area contributed by atoms with Crippen LogP contribution in [0.4, 0.5) is 0 Å². The molecular weight excluding hydrogens is 238 g/mol. The van der Waals surface area contributed by atoms with Crippen molar-refractivity contribution in [3.63, 3.8) is 0 Å². The van der Waals surface area contributed by atoms with Gasteiger partial charge in [0.1, 0.15) is 12.4 Å². The monoisotopic (exact) mass is 259 g/mol. The van der Waals surface area contributed by atoms with E-state index in [1.54, 1.807) is 7.11 Å². The molecule has 0 heterocycles. The molecule has 1 atom stereocenters. The van der Waals surface area contributed by atoms with Crippen molar-refractivity contribution in [3.05, 3.63) is 42.0 Å². The molecule has 0 aliphatic carbocycles. The highest BCUT2D eigenvalue weighted by atomic mass is 16.5. The van der Waals surface area contributed by atoms with Gasteiger partial charge in [-0.25, -0.2) is 0 Å². The van der Waals surface area contributed by atoms with Crippen molar-refractivity contribution in [1.82, 2.24) is 5.32 Å². The summed E-state index contributed by atoms with van der Waals surface area (Å²) in [5, 5.41) is 5.61. The van der Waals surface area contributed by atoms with Gasteiger partial charge in [0.25, 0.3) is 0 Å². The fourth-order valence-corrected chi connectivity index (χ4v) is 2.14. The van der Waals surface area contributed by atoms with Gasteiger partial charge in [-0.2, -0.15) is 0 Å². The largest absolute Gasteiger partial charge is 0.490 e. The van der Waals surface area contributed by atoms with Crippen molar-refractivity contribution in [2.45, 2.75) is 13.0 Å². The zero-order valence-corrected chi connectivity index (χ0v) is 11.8. The van der Waals surface area contributed by atoms with Gasteiger partial charge in [0.15, 0.2) is 0 Å². The second kappa shape index (κ2) is 6.55. The summed E-state index contributed by atoms with van der Waals surface area (Å²) in [6.45, 7) is 3.29. The van der Waals surface area contributed by atoms with Crippen LogP contribution in [0, 0.1) is 0 Å². The zero-order chi connectivity index (χ0) is 13.7. The van der Waals surface area contributed by atoms with Crippen LogP contribution < -0.4 is 10.1 Å². The molecule has 3 nitrogen and oxygen atoms in total. The first-order chi connectivity index (χ1) is 9.27. The van der Waals surface area contributed by atoms with Gasteiger partial charge in [0, 0.05) is 24.1 Å². The third-order valence-electron chi connectivity index (χ3n) is 3.34. The summed E-state index contributed by atoms with van der Waals surface area (Å²) in [4.78, 5) is 0. The van der Waals surface area contributed by atoms with E-state index in [1.807, 2.05) is 19.2 Å². The first-order valence-electron chi connectivity index (χ1n) is 6.58. The van der Waals surface area contributed by atoms with E-state index in [4.69, 9.17) is 9.47 Å². The second-order valence-electron chi connectivity index (χ2n) is 4.56. The second-order valence-corrected chi connectivity index (χ2v) is 4.56. The van der Waals surface area contributed by atoms with Crippen LogP contribution in [-0.4, -0.2) is 27.4 Å². The molecule has 1 unspecified atom stereocenters. The van der Waals surface area contributed by atoms with Gasteiger partial charge in [0.2, 0.25) is 0 Å². The lowest BCUT2D eigenvalue weighted by atomic mass is 10.0. The standard InChI is InChI=1S/C16H21NO2/c1-12(17-2)14-9-8-13-6-4-5-7-15(13)16(14)19-11-10-18-3/h4-9,12,17H,10-11H2,1-3H3. The van der Waals surface area contributed by atoms with Gasteiger partial charge >= 0.3 is 0 Å². The quantitative estimate of drug-likeness (QED) is 0.808. The smallest absolute Gasteiger partial charge is 0.132 e. The maximum absolute atomic E-state index is 5.95. The summed E-state index contributed by atoms with van der Waals surface area (Å²) in [5.41, 5.74) is 1.18. The molecule has 0 saturated heterocycles. The minimum atomic E-state index is 0.252. The van der Waals surface area contributed by atoms with Crippen LogP contribution >= 0.6 is 0 Å². The Labute approximate surface area is 114 Å². The molecule has 102 valence electrons. The average molecular weight is 259 g/mol. The van der Waals surface area contributed by atoms with E-state index >= 15 is 0 Å². The number of ether oxygens (including phenoxy) is 2. The molecule has 0 amide bonds. The summed E-state index contributed by atoms with van der Waals surface area (Å²) in [5.74, 6) is 0.956. The van der Waals surface area contributed by atoms with Gasteiger partial charge in [-0.15, -0.1) is 0 Å². The molecule has 0 radical (unpaired) electrons. The maximum atomic E-state index is 5.95. The third-order valence-corrected chi connectivity index (χ3v) is 3.34. The topological polar surface area (TPSA) is 30.5 Å². The van der Waals surface area contributed by atoms with E-state index in [-0.39, 0.29) is 6.04 Å². The van der Waals surface area contributed by atoms with Crippen LogP contribution in [0.15, 0.2) is 36.4 Å². The lowest BCUT2D eigenvalue weighted by Crippen LogP contribution is -2.15. The first kappa shape index (κ1) is 13.8. The Kier molecular flexibility index (Phi) is 4.77. The molecule has 0 fully saturated rings. The molecule has 0 spiro atoms. The highest BCUT2D eigenvalue weighted by Crippen LogP contribution is 2.33. The molecule has 0 aromatic heterocycles. The highest BCUT2D eigenvalue weighted by molar-refractivity contribution is 5.89. The Morgan fingerprint density at radius 1 is 1.11 bits per heavy atom. The Hall–Kier alpha value is -1.58. The van der Waals surface area contributed by atoms with Crippen LogP contribution in [-0.2, 0) is 4.74 Å². The van der Waals surface area contributed by atoms with Gasteiger partial charge in [-0.05, 0) is 19.4 Å². The number of fused-ring (bicyclic) bond motifs is 1. The summed E-state index contributed by atoms with van der Waals surface area (Å²) in [6.07, 6.45) is 0. The maximum Gasteiger partial charge on any atom is 0.132 e. The molecule has 0 aliphatic rings. The van der Waals surface area contributed by atoms with Crippen LogP contribution in [0.3, 0.4) is 0 Å². The fourth-order valence-electron chi connectivity index (χ4n) is 2.14. The predicted octanol–water partition coefficient (Wildman–Crippen LogP) is 3.15. The van der Waals surface area contributed by atoms with Crippen molar-refractivity contribution in [1.29, 1.82) is 0 Å². The summed E-state index contributed by atoms with van der Waals surface area (Å²) >= 11 is 0. The summed E-state index contributed by atoms with van der Waals surface area (Å²) in [6, 6.07) is 12.8. The Morgan fingerprint density at radius 2 is 1.89 bits per heavy atom. The Morgan fingerprint density at radius 3 is 2.63 bits per heavy atom. The number of hydrogen-bond acceptors (Lipinski definition) is 3. The lowest BCUT2D eigenvalue weighted by molar-refractivity contribution is 0.146. The van der Waals surface area contributed by atoms with E-state index in [2.05, 4.69) is 36.5 Å². The number of hydrogen-bond donors (Lipinski definition) is 1.